The maximum Gasteiger partial charge on any atom is 0.265 e. The summed E-state index contributed by atoms with van der Waals surface area (Å²) in [6, 6.07) is 8.80. The van der Waals surface area contributed by atoms with E-state index in [4.69, 9.17) is 4.74 Å². The van der Waals surface area contributed by atoms with Crippen LogP contribution in [-0.4, -0.2) is 68.2 Å². The Kier molecular flexibility index (Phi) is 12.9. The van der Waals surface area contributed by atoms with E-state index in [1.165, 1.54) is 0 Å². The molecule has 2 rings (SSSR count). The second-order valence-electron chi connectivity index (χ2n) is 8.12. The van der Waals surface area contributed by atoms with Crippen molar-refractivity contribution < 1.29 is 9.53 Å². The molecule has 0 unspecified atom stereocenters. The normalized spacial score (nSPS) is 13.9. The number of benzene rings is 1. The Labute approximate surface area is 205 Å². The molecular formula is C23H40IN5O2. The number of hydrogen-bond donors (Lipinski definition) is 2. The summed E-state index contributed by atoms with van der Waals surface area (Å²) < 4.78 is 5.50. The molecule has 176 valence electrons. The highest BCUT2D eigenvalue weighted by atomic mass is 127. The van der Waals surface area contributed by atoms with Gasteiger partial charge in [-0.05, 0) is 59.6 Å². The van der Waals surface area contributed by atoms with Gasteiger partial charge in [0.1, 0.15) is 5.75 Å². The summed E-state index contributed by atoms with van der Waals surface area (Å²) in [5.41, 5.74) is 0.850. The van der Waals surface area contributed by atoms with Crippen LogP contribution in [0.25, 0.3) is 0 Å². The third-order valence-electron chi connectivity index (χ3n) is 5.17. The Hall–Kier alpha value is -1.55. The lowest BCUT2D eigenvalue weighted by molar-refractivity contribution is -0.121. The molecule has 8 heteroatoms. The van der Waals surface area contributed by atoms with E-state index in [0.717, 1.165) is 49.9 Å². The average Bonchev–Trinajstić information content (AvgIpc) is 2.71. The molecule has 0 aliphatic carbocycles. The number of ether oxygens (including phenoxy) is 1. The molecule has 1 aromatic carbocycles. The highest BCUT2D eigenvalue weighted by Crippen LogP contribution is 2.31. The Morgan fingerprint density at radius 1 is 1.16 bits per heavy atom. The molecule has 0 fully saturated rings. The average molecular weight is 546 g/mol. The molecule has 1 aliphatic heterocycles. The van der Waals surface area contributed by atoms with Crippen LogP contribution in [0.4, 0.5) is 5.69 Å². The molecule has 0 atom stereocenters. The zero-order chi connectivity index (χ0) is 21.9. The quantitative estimate of drug-likeness (QED) is 0.193. The number of carbonyl (C=O) groups excluding carboxylic acids is 1. The van der Waals surface area contributed by atoms with Gasteiger partial charge in [-0.1, -0.05) is 12.1 Å². The highest BCUT2D eigenvalue weighted by molar-refractivity contribution is 14.0. The van der Waals surface area contributed by atoms with Crippen molar-refractivity contribution in [3.05, 3.63) is 24.3 Å². The Morgan fingerprint density at radius 3 is 2.55 bits per heavy atom. The first kappa shape index (κ1) is 27.5. The Bertz CT molecular complexity index is 688. The molecule has 1 aliphatic rings. The molecule has 0 aromatic heterocycles. The van der Waals surface area contributed by atoms with Crippen LogP contribution in [-0.2, 0) is 4.79 Å². The molecular weight excluding hydrogens is 505 g/mol. The molecule has 1 heterocycles. The first-order valence-electron chi connectivity index (χ1n) is 11.2. The zero-order valence-electron chi connectivity index (χ0n) is 19.7. The lowest BCUT2D eigenvalue weighted by atomic mass is 10.2. The van der Waals surface area contributed by atoms with Crippen molar-refractivity contribution in [3.63, 3.8) is 0 Å². The van der Waals surface area contributed by atoms with Crippen molar-refractivity contribution >= 4 is 41.5 Å². The van der Waals surface area contributed by atoms with Crippen molar-refractivity contribution in [2.45, 2.75) is 59.5 Å². The van der Waals surface area contributed by atoms with Gasteiger partial charge in [0.15, 0.2) is 12.6 Å². The number of rotatable bonds is 11. The standard InChI is InChI=1S/C23H39N5O2.HI/c1-6-24-23(25-13-9-15-27(18(2)3)19(4)5)26-14-10-16-28-20-11-7-8-12-21(20)30-17-22(28)29;/h7-8,11-12,18-19H,6,9-10,13-17H2,1-5H3,(H2,24,25,26);1H. The van der Waals surface area contributed by atoms with E-state index in [1.54, 1.807) is 4.90 Å². The number of para-hydroxylation sites is 2. The van der Waals surface area contributed by atoms with Gasteiger partial charge in [-0.3, -0.25) is 14.7 Å². The second kappa shape index (κ2) is 14.5. The van der Waals surface area contributed by atoms with Crippen LogP contribution in [0.5, 0.6) is 5.75 Å². The minimum Gasteiger partial charge on any atom is -0.482 e. The van der Waals surface area contributed by atoms with Gasteiger partial charge in [0, 0.05) is 44.8 Å². The Balaban J connectivity index is 0.00000480. The van der Waals surface area contributed by atoms with Gasteiger partial charge < -0.3 is 20.3 Å². The van der Waals surface area contributed by atoms with Crippen molar-refractivity contribution in [1.29, 1.82) is 0 Å². The van der Waals surface area contributed by atoms with Crippen molar-refractivity contribution in [2.75, 3.05) is 44.2 Å². The summed E-state index contributed by atoms with van der Waals surface area (Å²) in [6.07, 6.45) is 1.87. The lowest BCUT2D eigenvalue weighted by Gasteiger charge is -2.30. The van der Waals surface area contributed by atoms with Gasteiger partial charge in [0.05, 0.1) is 5.69 Å². The van der Waals surface area contributed by atoms with Crippen LogP contribution in [0.2, 0.25) is 0 Å². The van der Waals surface area contributed by atoms with E-state index >= 15 is 0 Å². The van der Waals surface area contributed by atoms with Crippen LogP contribution in [0.3, 0.4) is 0 Å². The van der Waals surface area contributed by atoms with E-state index in [2.05, 4.69) is 55.1 Å². The van der Waals surface area contributed by atoms with E-state index < -0.39 is 0 Å². The Morgan fingerprint density at radius 2 is 1.87 bits per heavy atom. The molecule has 0 saturated heterocycles. The molecule has 1 aromatic rings. The van der Waals surface area contributed by atoms with E-state index in [0.29, 0.717) is 25.2 Å². The summed E-state index contributed by atoms with van der Waals surface area (Å²) in [5.74, 6) is 1.61. The summed E-state index contributed by atoms with van der Waals surface area (Å²) in [5, 5.41) is 6.73. The number of carbonyl (C=O) groups is 1. The molecule has 0 bridgehead atoms. The second-order valence-corrected chi connectivity index (χ2v) is 8.12. The maximum absolute atomic E-state index is 12.2. The topological polar surface area (TPSA) is 69.2 Å². The monoisotopic (exact) mass is 545 g/mol. The highest BCUT2D eigenvalue weighted by Gasteiger charge is 2.24. The summed E-state index contributed by atoms with van der Waals surface area (Å²) in [6.45, 7) is 15.2. The number of nitrogens with zero attached hydrogens (tertiary/aromatic N) is 3. The molecule has 31 heavy (non-hydrogen) atoms. The molecule has 0 radical (unpaired) electrons. The maximum atomic E-state index is 12.2. The number of amides is 1. The smallest absolute Gasteiger partial charge is 0.265 e. The fourth-order valence-electron chi connectivity index (χ4n) is 3.74. The number of halogens is 1. The van der Waals surface area contributed by atoms with E-state index in [-0.39, 0.29) is 36.5 Å². The summed E-state index contributed by atoms with van der Waals surface area (Å²) in [4.78, 5) is 21.2. The van der Waals surface area contributed by atoms with Gasteiger partial charge in [0.25, 0.3) is 5.91 Å². The SMILES string of the molecule is CCNC(=NCCCN1C(=O)COc2ccccc21)NCCCN(C(C)C)C(C)C.I. The van der Waals surface area contributed by atoms with Crippen LogP contribution in [0.15, 0.2) is 29.3 Å². The van der Waals surface area contributed by atoms with Crippen LogP contribution in [0.1, 0.15) is 47.5 Å². The molecule has 2 N–H and O–H groups in total. The number of hydrogen-bond acceptors (Lipinski definition) is 4. The minimum atomic E-state index is 0. The predicted octanol–water partition coefficient (Wildman–Crippen LogP) is 3.48. The molecule has 7 nitrogen and oxygen atoms in total. The lowest BCUT2D eigenvalue weighted by Crippen LogP contribution is -2.41. The van der Waals surface area contributed by atoms with E-state index in [9.17, 15) is 4.79 Å². The number of fused-ring (bicyclic) bond motifs is 1. The largest absolute Gasteiger partial charge is 0.482 e. The third-order valence-corrected chi connectivity index (χ3v) is 5.17. The number of anilines is 1. The van der Waals surface area contributed by atoms with Crippen molar-refractivity contribution in [3.8, 4) is 5.75 Å². The van der Waals surface area contributed by atoms with Gasteiger partial charge in [-0.25, -0.2) is 0 Å². The first-order valence-corrected chi connectivity index (χ1v) is 11.2. The van der Waals surface area contributed by atoms with Gasteiger partial charge >= 0.3 is 0 Å². The first-order chi connectivity index (χ1) is 14.4. The zero-order valence-corrected chi connectivity index (χ0v) is 22.0. The number of guanidine groups is 1. The number of nitrogens with one attached hydrogen (secondary N) is 2. The summed E-state index contributed by atoms with van der Waals surface area (Å²) in [7, 11) is 0. The molecule has 1 amide bonds. The van der Waals surface area contributed by atoms with Crippen LogP contribution >= 0.6 is 24.0 Å². The fourth-order valence-corrected chi connectivity index (χ4v) is 3.74. The minimum absolute atomic E-state index is 0. The summed E-state index contributed by atoms with van der Waals surface area (Å²) >= 11 is 0. The van der Waals surface area contributed by atoms with Gasteiger partial charge in [-0.15, -0.1) is 24.0 Å². The predicted molar refractivity (Wildman–Crippen MR) is 140 cm³/mol. The van der Waals surface area contributed by atoms with Gasteiger partial charge in [0.2, 0.25) is 0 Å². The van der Waals surface area contributed by atoms with Crippen LogP contribution in [0, 0.1) is 0 Å². The molecule has 0 spiro atoms. The number of aliphatic imine (C=N–C) groups is 1. The van der Waals surface area contributed by atoms with Gasteiger partial charge in [-0.2, -0.15) is 0 Å². The van der Waals surface area contributed by atoms with Crippen molar-refractivity contribution in [2.24, 2.45) is 4.99 Å². The molecule has 0 saturated carbocycles. The fraction of sp³-hybridized carbons (Fsp3) is 0.652. The van der Waals surface area contributed by atoms with Crippen molar-refractivity contribution in [1.82, 2.24) is 15.5 Å². The third kappa shape index (κ3) is 8.84. The van der Waals surface area contributed by atoms with Crippen LogP contribution < -0.4 is 20.3 Å². The van der Waals surface area contributed by atoms with E-state index in [1.807, 2.05) is 24.3 Å².